The van der Waals surface area contributed by atoms with Crippen LogP contribution in [-0.4, -0.2) is 48.3 Å². The number of methoxy groups -OCH3 is 3. The van der Waals surface area contributed by atoms with E-state index in [9.17, 15) is 9.59 Å². The number of hydrogen-bond donors (Lipinski definition) is 1. The molecule has 1 fully saturated rings. The van der Waals surface area contributed by atoms with Crippen molar-refractivity contribution in [2.75, 3.05) is 21.3 Å². The molecule has 224 valence electrons. The van der Waals surface area contributed by atoms with Gasteiger partial charge in [-0.25, -0.2) is 4.98 Å². The van der Waals surface area contributed by atoms with Crippen molar-refractivity contribution >= 4 is 11.9 Å². The first-order valence-electron chi connectivity index (χ1n) is 13.9. The number of esters is 1. The third-order valence-electron chi connectivity index (χ3n) is 7.48. The lowest BCUT2D eigenvalue weighted by Gasteiger charge is -2.15. The third kappa shape index (κ3) is 6.15. The van der Waals surface area contributed by atoms with Crippen molar-refractivity contribution in [3.63, 3.8) is 0 Å². The highest BCUT2D eigenvalue weighted by molar-refractivity contribution is 5.96. The molecule has 1 N–H and O–H groups in total. The van der Waals surface area contributed by atoms with Crippen molar-refractivity contribution < 1.29 is 33.1 Å². The molecular formula is C32H34N4O7. The van der Waals surface area contributed by atoms with Crippen LogP contribution < -0.4 is 24.3 Å². The number of benzene rings is 2. The van der Waals surface area contributed by atoms with Gasteiger partial charge in [0.1, 0.15) is 11.5 Å². The van der Waals surface area contributed by atoms with Crippen molar-refractivity contribution in [2.24, 2.45) is 5.92 Å². The highest BCUT2D eigenvalue weighted by Gasteiger charge is 2.56. The number of ether oxygens (including phenoxy) is 4. The Labute approximate surface area is 249 Å². The number of rotatable bonds is 11. The SMILES string of the molecule is COc1ccc(C2C(c3ccc(OC)cc3)C2c2nc([C@H](C)NC(=O)c3nccc(OC)c3OC(=O)C(C)C)no2)cc1. The summed E-state index contributed by atoms with van der Waals surface area (Å²) in [5.74, 6) is 1.14. The first-order chi connectivity index (χ1) is 20.7. The van der Waals surface area contributed by atoms with E-state index in [-0.39, 0.29) is 34.9 Å². The van der Waals surface area contributed by atoms with Crippen LogP contribution in [-0.2, 0) is 4.79 Å². The molecule has 2 heterocycles. The van der Waals surface area contributed by atoms with Crippen LogP contribution in [0.5, 0.6) is 23.0 Å². The van der Waals surface area contributed by atoms with Gasteiger partial charge in [0.15, 0.2) is 17.3 Å². The quantitative estimate of drug-likeness (QED) is 0.233. The van der Waals surface area contributed by atoms with Gasteiger partial charge in [-0.05, 0) is 42.3 Å². The zero-order valence-electron chi connectivity index (χ0n) is 24.9. The average Bonchev–Trinajstić information content (AvgIpc) is 3.57. The van der Waals surface area contributed by atoms with Gasteiger partial charge in [-0.1, -0.05) is 43.3 Å². The van der Waals surface area contributed by atoms with Crippen LogP contribution in [0.2, 0.25) is 0 Å². The van der Waals surface area contributed by atoms with E-state index in [0.717, 1.165) is 22.6 Å². The van der Waals surface area contributed by atoms with Crippen molar-refractivity contribution in [1.82, 2.24) is 20.4 Å². The molecule has 11 heteroatoms. The summed E-state index contributed by atoms with van der Waals surface area (Å²) in [5, 5.41) is 7.02. The minimum absolute atomic E-state index is 0.0511. The minimum Gasteiger partial charge on any atom is -0.497 e. The summed E-state index contributed by atoms with van der Waals surface area (Å²) in [5.41, 5.74) is 2.16. The highest BCUT2D eigenvalue weighted by Crippen LogP contribution is 2.66. The zero-order valence-corrected chi connectivity index (χ0v) is 24.9. The molecule has 1 amide bonds. The second-order valence-corrected chi connectivity index (χ2v) is 10.6. The van der Waals surface area contributed by atoms with Gasteiger partial charge in [0.25, 0.3) is 5.91 Å². The van der Waals surface area contributed by atoms with Crippen LogP contribution in [0.4, 0.5) is 0 Å². The summed E-state index contributed by atoms with van der Waals surface area (Å²) in [4.78, 5) is 34.4. The van der Waals surface area contributed by atoms with E-state index in [4.69, 9.17) is 28.5 Å². The first-order valence-corrected chi connectivity index (χ1v) is 13.9. The van der Waals surface area contributed by atoms with Gasteiger partial charge in [-0.3, -0.25) is 9.59 Å². The average molecular weight is 587 g/mol. The van der Waals surface area contributed by atoms with E-state index < -0.39 is 23.8 Å². The summed E-state index contributed by atoms with van der Waals surface area (Å²) in [7, 11) is 4.69. The molecule has 0 radical (unpaired) electrons. The van der Waals surface area contributed by atoms with E-state index in [2.05, 4.69) is 15.5 Å². The molecule has 2 aromatic heterocycles. The first kappa shape index (κ1) is 29.6. The molecule has 1 aliphatic carbocycles. The van der Waals surface area contributed by atoms with Gasteiger partial charge in [-0.15, -0.1) is 0 Å². The van der Waals surface area contributed by atoms with E-state index in [1.165, 1.54) is 19.4 Å². The van der Waals surface area contributed by atoms with Gasteiger partial charge in [0, 0.05) is 24.1 Å². The number of amides is 1. The molecule has 2 unspecified atom stereocenters. The molecular weight excluding hydrogens is 552 g/mol. The lowest BCUT2D eigenvalue weighted by molar-refractivity contribution is -0.137. The number of nitrogens with zero attached hydrogens (tertiary/aromatic N) is 3. The molecule has 5 rings (SSSR count). The van der Waals surface area contributed by atoms with Crippen LogP contribution in [0.3, 0.4) is 0 Å². The summed E-state index contributed by atoms with van der Waals surface area (Å²) in [6.45, 7) is 5.12. The number of carbonyl (C=O) groups excluding carboxylic acids is 2. The predicted octanol–water partition coefficient (Wildman–Crippen LogP) is 5.21. The number of hydrogen-bond acceptors (Lipinski definition) is 10. The Hall–Kier alpha value is -4.93. The second kappa shape index (κ2) is 12.5. The van der Waals surface area contributed by atoms with Gasteiger partial charge in [0.05, 0.1) is 39.2 Å². The molecule has 4 aromatic rings. The lowest BCUT2D eigenvalue weighted by atomic mass is 10.0. The predicted molar refractivity (Wildman–Crippen MR) is 156 cm³/mol. The van der Waals surface area contributed by atoms with Crippen molar-refractivity contribution in [1.29, 1.82) is 0 Å². The number of carbonyl (C=O) groups is 2. The van der Waals surface area contributed by atoms with Crippen LogP contribution in [0, 0.1) is 5.92 Å². The molecule has 0 bridgehead atoms. The van der Waals surface area contributed by atoms with E-state index in [1.54, 1.807) is 35.0 Å². The summed E-state index contributed by atoms with van der Waals surface area (Å²) in [6, 6.07) is 16.8. The molecule has 1 aliphatic rings. The van der Waals surface area contributed by atoms with Crippen molar-refractivity contribution in [3.05, 3.63) is 89.3 Å². The fourth-order valence-corrected chi connectivity index (χ4v) is 5.06. The smallest absolute Gasteiger partial charge is 0.313 e. The Bertz CT molecular complexity index is 1530. The lowest BCUT2D eigenvalue weighted by Crippen LogP contribution is -2.29. The van der Waals surface area contributed by atoms with Gasteiger partial charge < -0.3 is 28.8 Å². The maximum Gasteiger partial charge on any atom is 0.313 e. The summed E-state index contributed by atoms with van der Waals surface area (Å²) >= 11 is 0. The Morgan fingerprint density at radius 1 is 0.814 bits per heavy atom. The third-order valence-corrected chi connectivity index (χ3v) is 7.48. The standard InChI is InChI=1S/C32H34N4O7/c1-17(2)32(38)42-28-23(41-6)15-16-33-27(28)30(37)34-18(3)29-35-31(43-36-29)26-24(19-7-11-21(39-4)12-8-19)25(26)20-9-13-22(40-5)14-10-20/h7-18,24-26H,1-6H3,(H,34,37)/t18-,24?,25?,26?/m0/s1. The Kier molecular flexibility index (Phi) is 8.61. The molecule has 2 aromatic carbocycles. The summed E-state index contributed by atoms with van der Waals surface area (Å²) < 4.78 is 27.2. The molecule has 11 nitrogen and oxygen atoms in total. The largest absolute Gasteiger partial charge is 0.497 e. The maximum atomic E-state index is 13.3. The fraction of sp³-hybridized carbons (Fsp3) is 0.344. The molecule has 1 saturated carbocycles. The topological polar surface area (TPSA) is 135 Å². The van der Waals surface area contributed by atoms with Crippen LogP contribution in [0.25, 0.3) is 0 Å². The van der Waals surface area contributed by atoms with Crippen molar-refractivity contribution in [2.45, 2.75) is 44.6 Å². The van der Waals surface area contributed by atoms with Crippen LogP contribution in [0.1, 0.15) is 77.9 Å². The number of aromatic nitrogens is 3. The van der Waals surface area contributed by atoms with Crippen molar-refractivity contribution in [3.8, 4) is 23.0 Å². The normalized spacial score (nSPS) is 18.1. The highest BCUT2D eigenvalue weighted by atomic mass is 16.6. The molecule has 3 atom stereocenters. The maximum absolute atomic E-state index is 13.3. The number of nitrogens with one attached hydrogen (secondary N) is 1. The minimum atomic E-state index is -0.635. The van der Waals surface area contributed by atoms with Crippen LogP contribution in [0.15, 0.2) is 65.3 Å². The molecule has 43 heavy (non-hydrogen) atoms. The second-order valence-electron chi connectivity index (χ2n) is 10.6. The summed E-state index contributed by atoms with van der Waals surface area (Å²) in [6.07, 6.45) is 1.41. The van der Waals surface area contributed by atoms with Gasteiger partial charge >= 0.3 is 5.97 Å². The number of pyridine rings is 1. The van der Waals surface area contributed by atoms with E-state index >= 15 is 0 Å². The monoisotopic (exact) mass is 586 g/mol. The Morgan fingerprint density at radius 2 is 1.40 bits per heavy atom. The van der Waals surface area contributed by atoms with Crippen LogP contribution >= 0.6 is 0 Å². The van der Waals surface area contributed by atoms with Gasteiger partial charge in [-0.2, -0.15) is 4.98 Å². The van der Waals surface area contributed by atoms with Gasteiger partial charge in [0.2, 0.25) is 11.6 Å². The molecule has 0 saturated heterocycles. The Balaban J connectivity index is 1.37. The van der Waals surface area contributed by atoms with E-state index in [0.29, 0.717) is 11.7 Å². The molecule has 0 aliphatic heterocycles. The zero-order chi connectivity index (χ0) is 30.7. The fourth-order valence-electron chi connectivity index (χ4n) is 5.06. The van der Waals surface area contributed by atoms with E-state index in [1.807, 2.05) is 48.5 Å². The molecule has 0 spiro atoms. The Morgan fingerprint density at radius 3 is 1.91 bits per heavy atom.